The lowest BCUT2D eigenvalue weighted by Gasteiger charge is -1.75. The summed E-state index contributed by atoms with van der Waals surface area (Å²) < 4.78 is 0. The minimum Gasteiger partial charge on any atom is -0.481 e. The second-order valence-corrected chi connectivity index (χ2v) is 2.04. The van der Waals surface area contributed by atoms with E-state index in [2.05, 4.69) is 6.58 Å². The Morgan fingerprint density at radius 3 is 1.58 bits per heavy atom. The summed E-state index contributed by atoms with van der Waals surface area (Å²) in [5, 5.41) is 7.84. The molecular formula is C10H12O2. The predicted molar refractivity (Wildman–Crippen MR) is 48.9 cm³/mol. The number of hydrogen-bond acceptors (Lipinski definition) is 1. The van der Waals surface area contributed by atoms with Crippen LogP contribution in [0.25, 0.3) is 0 Å². The highest BCUT2D eigenvalue weighted by atomic mass is 16.4. The third-order valence-electron chi connectivity index (χ3n) is 0.986. The highest BCUT2D eigenvalue weighted by Crippen LogP contribution is 1.79. The van der Waals surface area contributed by atoms with Gasteiger partial charge in [0.15, 0.2) is 0 Å². The van der Waals surface area contributed by atoms with Gasteiger partial charge in [0.25, 0.3) is 0 Å². The van der Waals surface area contributed by atoms with E-state index in [9.17, 15) is 4.79 Å². The molecule has 12 heavy (non-hydrogen) atoms. The highest BCUT2D eigenvalue weighted by Gasteiger charge is 1.84. The molecule has 0 spiro atoms. The van der Waals surface area contributed by atoms with E-state index in [1.54, 1.807) is 0 Å². The number of hydrogen-bond donors (Lipinski definition) is 1. The molecule has 1 N–H and O–H groups in total. The van der Waals surface area contributed by atoms with E-state index >= 15 is 0 Å². The van der Waals surface area contributed by atoms with Crippen LogP contribution in [0.15, 0.2) is 49.1 Å². The van der Waals surface area contributed by atoms with Gasteiger partial charge in [0.2, 0.25) is 0 Å². The first-order chi connectivity index (χ1) is 5.77. The molecular weight excluding hydrogens is 152 g/mol. The van der Waals surface area contributed by atoms with Crippen molar-refractivity contribution in [1.29, 1.82) is 0 Å². The maximum atomic E-state index is 9.53. The average Bonchev–Trinajstić information content (AvgIpc) is 2.08. The number of carboxylic acid groups (broad SMARTS) is 1. The van der Waals surface area contributed by atoms with Crippen LogP contribution < -0.4 is 0 Å². The largest absolute Gasteiger partial charge is 0.481 e. The lowest BCUT2D eigenvalue weighted by Crippen LogP contribution is -1.88. The molecule has 1 rings (SSSR count). The van der Waals surface area contributed by atoms with Crippen molar-refractivity contribution in [3.63, 3.8) is 0 Å². The molecule has 0 aliphatic heterocycles. The van der Waals surface area contributed by atoms with Crippen LogP contribution in [-0.4, -0.2) is 11.1 Å². The Balaban J connectivity index is 0.000000202. The van der Waals surface area contributed by atoms with Crippen molar-refractivity contribution in [2.24, 2.45) is 0 Å². The molecule has 0 atom stereocenters. The Labute approximate surface area is 72.2 Å². The van der Waals surface area contributed by atoms with Gasteiger partial charge in [-0.3, -0.25) is 4.79 Å². The summed E-state index contributed by atoms with van der Waals surface area (Å²) in [5.74, 6) is -0.829. The second kappa shape index (κ2) is 7.54. The van der Waals surface area contributed by atoms with Gasteiger partial charge in [-0.1, -0.05) is 42.5 Å². The lowest BCUT2D eigenvalue weighted by molar-refractivity contribution is -0.135. The predicted octanol–water partition coefficient (Wildman–Crippen LogP) is 2.33. The van der Waals surface area contributed by atoms with Crippen molar-refractivity contribution >= 4 is 5.97 Å². The fraction of sp³-hybridized carbons (Fsp3) is 0.100. The van der Waals surface area contributed by atoms with Crippen molar-refractivity contribution in [2.45, 2.75) is 6.42 Å². The topological polar surface area (TPSA) is 37.3 Å². The summed E-state index contributed by atoms with van der Waals surface area (Å²) in [5.41, 5.74) is 0. The summed E-state index contributed by atoms with van der Waals surface area (Å²) >= 11 is 0. The number of aliphatic carboxylic acids is 1. The highest BCUT2D eigenvalue weighted by molar-refractivity contribution is 5.68. The maximum absolute atomic E-state index is 9.53. The van der Waals surface area contributed by atoms with E-state index in [-0.39, 0.29) is 6.42 Å². The minimum absolute atomic E-state index is 0.0556. The number of benzene rings is 1. The third kappa shape index (κ3) is 8.43. The van der Waals surface area contributed by atoms with Crippen LogP contribution in [0.4, 0.5) is 0 Å². The minimum atomic E-state index is -0.829. The molecule has 0 aromatic heterocycles. The fourth-order valence-corrected chi connectivity index (χ4v) is 0.508. The van der Waals surface area contributed by atoms with Crippen molar-refractivity contribution in [1.82, 2.24) is 0 Å². The molecule has 1 aromatic carbocycles. The fourth-order valence-electron chi connectivity index (χ4n) is 0.508. The smallest absolute Gasteiger partial charge is 0.307 e. The van der Waals surface area contributed by atoms with Crippen LogP contribution >= 0.6 is 0 Å². The number of rotatable bonds is 2. The maximum Gasteiger partial charge on any atom is 0.307 e. The SMILES string of the molecule is C=CCC(=O)O.c1ccccc1. The lowest BCUT2D eigenvalue weighted by atomic mass is 10.4. The Kier molecular flexibility index (Phi) is 6.55. The average molecular weight is 164 g/mol. The molecule has 0 bridgehead atoms. The molecule has 0 fully saturated rings. The van der Waals surface area contributed by atoms with Gasteiger partial charge in [-0.15, -0.1) is 6.58 Å². The molecule has 0 heterocycles. The molecule has 1 aromatic rings. The van der Waals surface area contributed by atoms with Gasteiger partial charge in [0.05, 0.1) is 6.42 Å². The first-order valence-corrected chi connectivity index (χ1v) is 3.60. The zero-order chi connectivity index (χ0) is 9.23. The van der Waals surface area contributed by atoms with Crippen LogP contribution in [-0.2, 0) is 4.79 Å². The van der Waals surface area contributed by atoms with Crippen molar-refractivity contribution in [3.05, 3.63) is 49.1 Å². The van der Waals surface area contributed by atoms with E-state index in [0.717, 1.165) is 0 Å². The van der Waals surface area contributed by atoms with Gasteiger partial charge in [-0.05, 0) is 0 Å². The summed E-state index contributed by atoms with van der Waals surface area (Å²) in [6.07, 6.45) is 1.41. The summed E-state index contributed by atoms with van der Waals surface area (Å²) in [6, 6.07) is 12.0. The molecule has 0 aliphatic rings. The summed E-state index contributed by atoms with van der Waals surface area (Å²) in [6.45, 7) is 3.22. The molecule has 64 valence electrons. The van der Waals surface area contributed by atoms with E-state index in [4.69, 9.17) is 5.11 Å². The monoisotopic (exact) mass is 164 g/mol. The summed E-state index contributed by atoms with van der Waals surface area (Å²) in [4.78, 5) is 9.53. The Bertz CT molecular complexity index is 190. The van der Waals surface area contributed by atoms with E-state index in [1.165, 1.54) is 6.08 Å². The molecule has 0 aliphatic carbocycles. The Morgan fingerprint density at radius 1 is 1.17 bits per heavy atom. The normalized spacial score (nSPS) is 7.67. The Morgan fingerprint density at radius 2 is 1.50 bits per heavy atom. The third-order valence-corrected chi connectivity index (χ3v) is 0.986. The van der Waals surface area contributed by atoms with Crippen molar-refractivity contribution in [3.8, 4) is 0 Å². The molecule has 0 saturated heterocycles. The van der Waals surface area contributed by atoms with E-state index in [1.807, 2.05) is 36.4 Å². The standard InChI is InChI=1S/C6H6.C4H6O2/c1-2-4-6-5-3-1;1-2-3-4(5)6/h1-6H;2H,1,3H2,(H,5,6). The van der Waals surface area contributed by atoms with E-state index in [0.29, 0.717) is 0 Å². The first kappa shape index (κ1) is 10.4. The van der Waals surface area contributed by atoms with Gasteiger partial charge in [-0.25, -0.2) is 0 Å². The molecule has 0 amide bonds. The molecule has 0 radical (unpaired) electrons. The van der Waals surface area contributed by atoms with Crippen molar-refractivity contribution in [2.75, 3.05) is 0 Å². The second-order valence-electron chi connectivity index (χ2n) is 2.04. The van der Waals surface area contributed by atoms with Crippen LogP contribution in [0.5, 0.6) is 0 Å². The van der Waals surface area contributed by atoms with Crippen LogP contribution in [0, 0.1) is 0 Å². The van der Waals surface area contributed by atoms with Gasteiger partial charge >= 0.3 is 5.97 Å². The first-order valence-electron chi connectivity index (χ1n) is 3.60. The molecule has 2 heteroatoms. The summed E-state index contributed by atoms with van der Waals surface area (Å²) in [7, 11) is 0. The zero-order valence-corrected chi connectivity index (χ0v) is 6.81. The quantitative estimate of drug-likeness (QED) is 0.681. The zero-order valence-electron chi connectivity index (χ0n) is 6.81. The number of carboxylic acids is 1. The van der Waals surface area contributed by atoms with Gasteiger partial charge in [0.1, 0.15) is 0 Å². The van der Waals surface area contributed by atoms with Crippen LogP contribution in [0.3, 0.4) is 0 Å². The van der Waals surface area contributed by atoms with Crippen LogP contribution in [0.1, 0.15) is 6.42 Å². The Hall–Kier alpha value is -1.57. The number of carbonyl (C=O) groups is 1. The van der Waals surface area contributed by atoms with Gasteiger partial charge in [-0.2, -0.15) is 0 Å². The molecule has 0 unspecified atom stereocenters. The van der Waals surface area contributed by atoms with Crippen LogP contribution in [0.2, 0.25) is 0 Å². The molecule has 0 saturated carbocycles. The molecule has 2 nitrogen and oxygen atoms in total. The van der Waals surface area contributed by atoms with Crippen molar-refractivity contribution < 1.29 is 9.90 Å². The van der Waals surface area contributed by atoms with Gasteiger partial charge < -0.3 is 5.11 Å². The van der Waals surface area contributed by atoms with Gasteiger partial charge in [0, 0.05) is 0 Å². The van der Waals surface area contributed by atoms with E-state index < -0.39 is 5.97 Å².